The van der Waals surface area contributed by atoms with E-state index in [9.17, 15) is 0 Å². The highest BCUT2D eigenvalue weighted by molar-refractivity contribution is 5.34. The highest BCUT2D eigenvalue weighted by Gasteiger charge is 1.99. The van der Waals surface area contributed by atoms with E-state index in [2.05, 4.69) is 9.97 Å². The van der Waals surface area contributed by atoms with E-state index in [0.29, 0.717) is 12.4 Å². The van der Waals surface area contributed by atoms with Crippen LogP contribution in [0.2, 0.25) is 0 Å². The zero-order valence-electron chi connectivity index (χ0n) is 13.3. The van der Waals surface area contributed by atoms with Crippen LogP contribution >= 0.6 is 0 Å². The maximum atomic E-state index is 5.72. The Hall–Kier alpha value is -2.88. The lowest BCUT2D eigenvalue weighted by Gasteiger charge is -2.08. The molecule has 0 N–H and O–H groups in total. The topological polar surface area (TPSA) is 44.2 Å². The lowest BCUT2D eigenvalue weighted by molar-refractivity contribution is 0.306. The number of aromatic nitrogens is 2. The predicted octanol–water partition coefficient (Wildman–Crippen LogP) is 4.87. The first-order valence-electron chi connectivity index (χ1n) is 7.60. The largest absolute Gasteiger partial charge is 0.489 e. The standard InChI is InChI=1S/C17H14N2O2.C2H6/c1-2-4-14(5-3-1)12-20-15-6-8-16(9-7-15)21-17-10-18-13-19-11-17;1-2/h1-11,13H,12H2;1-2H3. The van der Waals surface area contributed by atoms with Gasteiger partial charge in [0.2, 0.25) is 0 Å². The van der Waals surface area contributed by atoms with Crippen LogP contribution in [0.5, 0.6) is 17.2 Å². The van der Waals surface area contributed by atoms with Gasteiger partial charge in [0.15, 0.2) is 5.75 Å². The first-order valence-corrected chi connectivity index (χ1v) is 7.60. The summed E-state index contributed by atoms with van der Waals surface area (Å²) < 4.78 is 11.3. The normalized spacial score (nSPS) is 9.48. The van der Waals surface area contributed by atoms with Gasteiger partial charge in [-0.25, -0.2) is 9.97 Å². The van der Waals surface area contributed by atoms with Gasteiger partial charge in [-0.15, -0.1) is 0 Å². The summed E-state index contributed by atoms with van der Waals surface area (Å²) in [4.78, 5) is 7.80. The third kappa shape index (κ3) is 5.43. The first-order chi connectivity index (χ1) is 11.4. The second-order valence-corrected chi connectivity index (χ2v) is 4.42. The second-order valence-electron chi connectivity index (χ2n) is 4.42. The Kier molecular flexibility index (Phi) is 6.60. The average molecular weight is 308 g/mol. The summed E-state index contributed by atoms with van der Waals surface area (Å²) in [6.45, 7) is 4.55. The summed E-state index contributed by atoms with van der Waals surface area (Å²) >= 11 is 0. The Balaban J connectivity index is 0.000000924. The molecule has 0 aliphatic carbocycles. The molecule has 0 fully saturated rings. The average Bonchev–Trinajstić information content (AvgIpc) is 2.65. The van der Waals surface area contributed by atoms with Gasteiger partial charge in [-0.3, -0.25) is 0 Å². The van der Waals surface area contributed by atoms with Crippen molar-refractivity contribution in [3.8, 4) is 17.2 Å². The van der Waals surface area contributed by atoms with Crippen LogP contribution in [-0.2, 0) is 6.61 Å². The van der Waals surface area contributed by atoms with Crippen molar-refractivity contribution in [2.45, 2.75) is 20.5 Å². The van der Waals surface area contributed by atoms with E-state index in [0.717, 1.165) is 17.1 Å². The zero-order valence-corrected chi connectivity index (χ0v) is 13.3. The summed E-state index contributed by atoms with van der Waals surface area (Å²) in [6.07, 6.45) is 4.70. The van der Waals surface area contributed by atoms with E-state index >= 15 is 0 Å². The zero-order chi connectivity index (χ0) is 16.3. The molecule has 3 aromatic rings. The smallest absolute Gasteiger partial charge is 0.163 e. The highest BCUT2D eigenvalue weighted by atomic mass is 16.5. The molecule has 0 radical (unpaired) electrons. The van der Waals surface area contributed by atoms with E-state index < -0.39 is 0 Å². The minimum atomic E-state index is 0.549. The molecular weight excluding hydrogens is 288 g/mol. The monoisotopic (exact) mass is 308 g/mol. The lowest BCUT2D eigenvalue weighted by atomic mass is 10.2. The minimum absolute atomic E-state index is 0.549. The quantitative estimate of drug-likeness (QED) is 0.674. The highest BCUT2D eigenvalue weighted by Crippen LogP contribution is 2.23. The molecule has 3 rings (SSSR count). The van der Waals surface area contributed by atoms with Crippen molar-refractivity contribution in [1.82, 2.24) is 9.97 Å². The number of hydrogen-bond acceptors (Lipinski definition) is 4. The third-order valence-electron chi connectivity index (χ3n) is 2.84. The van der Waals surface area contributed by atoms with Crippen LogP contribution in [-0.4, -0.2) is 9.97 Å². The fourth-order valence-electron chi connectivity index (χ4n) is 1.82. The molecule has 0 spiro atoms. The molecule has 4 nitrogen and oxygen atoms in total. The Morgan fingerprint density at radius 3 is 2.00 bits per heavy atom. The first kappa shape index (κ1) is 16.5. The summed E-state index contributed by atoms with van der Waals surface area (Å²) in [7, 11) is 0. The molecule has 118 valence electrons. The molecule has 1 heterocycles. The summed E-state index contributed by atoms with van der Waals surface area (Å²) in [6, 6.07) is 17.5. The Bertz CT molecular complexity index is 671. The van der Waals surface area contributed by atoms with E-state index in [4.69, 9.17) is 9.47 Å². The van der Waals surface area contributed by atoms with Gasteiger partial charge in [0.25, 0.3) is 0 Å². The Morgan fingerprint density at radius 2 is 1.35 bits per heavy atom. The van der Waals surface area contributed by atoms with Crippen LogP contribution in [0, 0.1) is 0 Å². The van der Waals surface area contributed by atoms with Gasteiger partial charge < -0.3 is 9.47 Å². The molecule has 0 saturated heterocycles. The van der Waals surface area contributed by atoms with E-state index in [1.54, 1.807) is 12.4 Å². The maximum Gasteiger partial charge on any atom is 0.163 e. The molecule has 0 atom stereocenters. The number of benzene rings is 2. The SMILES string of the molecule is CC.c1ccc(COc2ccc(Oc3cncnc3)cc2)cc1. The minimum Gasteiger partial charge on any atom is -0.489 e. The van der Waals surface area contributed by atoms with Crippen molar-refractivity contribution >= 4 is 0 Å². The molecule has 4 heteroatoms. The predicted molar refractivity (Wildman–Crippen MR) is 90.7 cm³/mol. The molecule has 0 amide bonds. The summed E-state index contributed by atoms with van der Waals surface area (Å²) in [5.41, 5.74) is 1.14. The number of nitrogens with zero attached hydrogens (tertiary/aromatic N) is 2. The summed E-state index contributed by atoms with van der Waals surface area (Å²) in [5, 5.41) is 0. The van der Waals surface area contributed by atoms with E-state index in [1.807, 2.05) is 68.4 Å². The van der Waals surface area contributed by atoms with Gasteiger partial charge in [-0.2, -0.15) is 0 Å². The third-order valence-corrected chi connectivity index (χ3v) is 2.84. The summed E-state index contributed by atoms with van der Waals surface area (Å²) in [5.74, 6) is 2.13. The molecule has 2 aromatic carbocycles. The van der Waals surface area contributed by atoms with Crippen LogP contribution < -0.4 is 9.47 Å². The van der Waals surface area contributed by atoms with Crippen molar-refractivity contribution in [2.24, 2.45) is 0 Å². The lowest BCUT2D eigenvalue weighted by Crippen LogP contribution is -1.94. The van der Waals surface area contributed by atoms with Crippen LogP contribution in [0.3, 0.4) is 0 Å². The van der Waals surface area contributed by atoms with Crippen LogP contribution in [0.4, 0.5) is 0 Å². The molecule has 1 aromatic heterocycles. The van der Waals surface area contributed by atoms with Crippen LogP contribution in [0.25, 0.3) is 0 Å². The molecule has 0 unspecified atom stereocenters. The molecule has 0 aliphatic rings. The van der Waals surface area contributed by atoms with E-state index in [1.165, 1.54) is 6.33 Å². The second kappa shape index (κ2) is 9.20. The van der Waals surface area contributed by atoms with Gasteiger partial charge in [-0.1, -0.05) is 44.2 Å². The van der Waals surface area contributed by atoms with Gasteiger partial charge in [0.05, 0.1) is 12.4 Å². The van der Waals surface area contributed by atoms with Crippen molar-refractivity contribution in [3.63, 3.8) is 0 Å². The van der Waals surface area contributed by atoms with E-state index in [-0.39, 0.29) is 0 Å². The molecule has 0 aliphatic heterocycles. The number of ether oxygens (including phenoxy) is 2. The fraction of sp³-hybridized carbons (Fsp3) is 0.158. The van der Waals surface area contributed by atoms with Gasteiger partial charge >= 0.3 is 0 Å². The molecule has 23 heavy (non-hydrogen) atoms. The number of rotatable bonds is 5. The van der Waals surface area contributed by atoms with Crippen molar-refractivity contribution in [3.05, 3.63) is 78.9 Å². The van der Waals surface area contributed by atoms with Gasteiger partial charge in [0, 0.05) is 0 Å². The Morgan fingerprint density at radius 1 is 0.739 bits per heavy atom. The fourth-order valence-corrected chi connectivity index (χ4v) is 1.82. The maximum absolute atomic E-state index is 5.72. The molecular formula is C19H20N2O2. The van der Waals surface area contributed by atoms with Crippen molar-refractivity contribution in [2.75, 3.05) is 0 Å². The van der Waals surface area contributed by atoms with Gasteiger partial charge in [-0.05, 0) is 29.8 Å². The molecule has 0 bridgehead atoms. The Labute approximate surface area is 136 Å². The molecule has 0 saturated carbocycles. The van der Waals surface area contributed by atoms with Crippen molar-refractivity contribution < 1.29 is 9.47 Å². The van der Waals surface area contributed by atoms with Crippen LogP contribution in [0.15, 0.2) is 73.3 Å². The number of hydrogen-bond donors (Lipinski definition) is 0. The van der Waals surface area contributed by atoms with Gasteiger partial charge in [0.1, 0.15) is 24.4 Å². The van der Waals surface area contributed by atoms with Crippen LogP contribution in [0.1, 0.15) is 19.4 Å². The van der Waals surface area contributed by atoms with Crippen molar-refractivity contribution in [1.29, 1.82) is 0 Å².